The van der Waals surface area contributed by atoms with Crippen LogP contribution in [-0.4, -0.2) is 30.9 Å². The molecule has 2 rings (SSSR count). The summed E-state index contributed by atoms with van der Waals surface area (Å²) in [6.07, 6.45) is 1.72. The predicted octanol–water partition coefficient (Wildman–Crippen LogP) is 2.93. The van der Waals surface area contributed by atoms with Crippen LogP contribution in [0.5, 0.6) is 0 Å². The van der Waals surface area contributed by atoms with E-state index < -0.39 is 0 Å². The van der Waals surface area contributed by atoms with Gasteiger partial charge in [-0.05, 0) is 56.6 Å². The van der Waals surface area contributed by atoms with Crippen molar-refractivity contribution in [1.29, 1.82) is 0 Å². The number of hydrogen-bond acceptors (Lipinski definition) is 2. The highest BCUT2D eigenvalue weighted by Gasteiger charge is 2.22. The van der Waals surface area contributed by atoms with Crippen molar-refractivity contribution in [2.75, 3.05) is 25.5 Å². The number of likely N-dealkylation sites (tertiary alicyclic amines) is 1. The maximum atomic E-state index is 11.9. The third kappa shape index (κ3) is 3.47. The van der Waals surface area contributed by atoms with Gasteiger partial charge in [0.05, 0.1) is 0 Å². The van der Waals surface area contributed by atoms with Crippen molar-refractivity contribution >= 4 is 23.2 Å². The van der Waals surface area contributed by atoms with Crippen LogP contribution >= 0.6 is 11.6 Å². The second-order valence-corrected chi connectivity index (χ2v) is 5.56. The van der Waals surface area contributed by atoms with E-state index in [0.29, 0.717) is 17.4 Å². The Labute approximate surface area is 113 Å². The number of carbonyl (C=O) groups excluding carboxylic acids is 1. The average molecular weight is 267 g/mol. The molecule has 1 amide bonds. The minimum atomic E-state index is 0.0979. The summed E-state index contributed by atoms with van der Waals surface area (Å²) < 4.78 is 0. The molecule has 3 nitrogen and oxygen atoms in total. The maximum absolute atomic E-state index is 11.9. The molecule has 0 aromatic heterocycles. The predicted molar refractivity (Wildman–Crippen MR) is 75.0 cm³/mol. The fourth-order valence-electron chi connectivity index (χ4n) is 2.42. The van der Waals surface area contributed by atoms with E-state index in [1.807, 2.05) is 19.1 Å². The number of carbonyl (C=O) groups is 1. The lowest BCUT2D eigenvalue weighted by atomic mass is 10.0. The van der Waals surface area contributed by atoms with Crippen LogP contribution in [0.25, 0.3) is 0 Å². The van der Waals surface area contributed by atoms with Crippen LogP contribution < -0.4 is 5.32 Å². The summed E-state index contributed by atoms with van der Waals surface area (Å²) in [4.78, 5) is 14.2. The van der Waals surface area contributed by atoms with Gasteiger partial charge < -0.3 is 10.2 Å². The Balaban J connectivity index is 1.91. The zero-order valence-corrected chi connectivity index (χ0v) is 11.6. The molecule has 1 aliphatic rings. The first-order valence-corrected chi connectivity index (χ1v) is 6.67. The Kier molecular flexibility index (Phi) is 4.25. The van der Waals surface area contributed by atoms with E-state index >= 15 is 0 Å². The molecule has 0 aliphatic carbocycles. The number of halogens is 1. The summed E-state index contributed by atoms with van der Waals surface area (Å²) in [5, 5.41) is 3.66. The van der Waals surface area contributed by atoms with Gasteiger partial charge >= 0.3 is 0 Å². The minimum Gasteiger partial charge on any atom is -0.326 e. The molecule has 1 aliphatic heterocycles. The molecular formula is C14H19ClN2O. The monoisotopic (exact) mass is 266 g/mol. The molecule has 0 radical (unpaired) electrons. The summed E-state index contributed by atoms with van der Waals surface area (Å²) in [7, 11) is 2.10. The molecular weight excluding hydrogens is 248 g/mol. The summed E-state index contributed by atoms with van der Waals surface area (Å²) in [6, 6.07) is 5.52. The number of hydrogen-bond donors (Lipinski definition) is 1. The Bertz CT molecular complexity index is 447. The first kappa shape index (κ1) is 13.4. The van der Waals surface area contributed by atoms with Gasteiger partial charge in [0.25, 0.3) is 0 Å². The van der Waals surface area contributed by atoms with E-state index in [2.05, 4.69) is 17.3 Å². The first-order chi connectivity index (χ1) is 8.54. The van der Waals surface area contributed by atoms with Crippen molar-refractivity contribution < 1.29 is 4.79 Å². The summed E-state index contributed by atoms with van der Waals surface area (Å²) in [5.74, 6) is 0.586. The van der Waals surface area contributed by atoms with Crippen LogP contribution in [0.2, 0.25) is 5.02 Å². The molecule has 1 atom stereocenters. The van der Waals surface area contributed by atoms with Crippen LogP contribution in [0.1, 0.15) is 18.4 Å². The van der Waals surface area contributed by atoms with Gasteiger partial charge in [-0.3, -0.25) is 4.79 Å². The number of nitrogens with zero attached hydrogens (tertiary/aromatic N) is 1. The lowest BCUT2D eigenvalue weighted by Gasteiger charge is -2.12. The van der Waals surface area contributed by atoms with E-state index in [0.717, 1.165) is 30.8 Å². The van der Waals surface area contributed by atoms with Crippen molar-refractivity contribution in [3.63, 3.8) is 0 Å². The molecule has 4 heteroatoms. The van der Waals surface area contributed by atoms with Gasteiger partial charge in [0, 0.05) is 23.7 Å². The number of nitrogens with one attached hydrogen (secondary N) is 1. The summed E-state index contributed by atoms with van der Waals surface area (Å²) in [6.45, 7) is 4.07. The second kappa shape index (κ2) is 5.72. The molecule has 1 aromatic carbocycles. The summed E-state index contributed by atoms with van der Waals surface area (Å²) in [5.41, 5.74) is 1.86. The molecule has 1 aromatic rings. The van der Waals surface area contributed by atoms with Crippen molar-refractivity contribution in [3.05, 3.63) is 28.8 Å². The number of benzene rings is 1. The van der Waals surface area contributed by atoms with Crippen LogP contribution in [0, 0.1) is 12.8 Å². The number of amides is 1. The molecule has 0 spiro atoms. The molecule has 0 saturated carbocycles. The maximum Gasteiger partial charge on any atom is 0.224 e. The van der Waals surface area contributed by atoms with Crippen molar-refractivity contribution in [2.45, 2.75) is 19.8 Å². The molecule has 18 heavy (non-hydrogen) atoms. The van der Waals surface area contributed by atoms with Crippen LogP contribution in [0.3, 0.4) is 0 Å². The lowest BCUT2D eigenvalue weighted by molar-refractivity contribution is -0.117. The fourth-order valence-corrected chi connectivity index (χ4v) is 2.65. The first-order valence-electron chi connectivity index (χ1n) is 6.29. The second-order valence-electron chi connectivity index (χ2n) is 5.13. The van der Waals surface area contributed by atoms with Crippen molar-refractivity contribution in [2.24, 2.45) is 5.92 Å². The topological polar surface area (TPSA) is 32.3 Å². The van der Waals surface area contributed by atoms with E-state index in [-0.39, 0.29) is 5.91 Å². The molecule has 1 N–H and O–H groups in total. The number of aryl methyl sites for hydroxylation is 1. The number of rotatable bonds is 3. The van der Waals surface area contributed by atoms with Gasteiger partial charge in [-0.2, -0.15) is 0 Å². The van der Waals surface area contributed by atoms with Crippen LogP contribution in [0.4, 0.5) is 5.69 Å². The average Bonchev–Trinajstić information content (AvgIpc) is 2.68. The molecule has 0 bridgehead atoms. The Morgan fingerprint density at radius 3 is 2.94 bits per heavy atom. The Hall–Kier alpha value is -1.06. The highest BCUT2D eigenvalue weighted by Crippen LogP contribution is 2.22. The highest BCUT2D eigenvalue weighted by atomic mass is 35.5. The normalized spacial score (nSPS) is 20.1. The molecule has 1 saturated heterocycles. The molecule has 98 valence electrons. The SMILES string of the molecule is Cc1cc(Cl)ccc1NC(=O)CC1CCN(C)C1. The third-order valence-corrected chi connectivity index (χ3v) is 3.66. The van der Waals surface area contributed by atoms with Gasteiger partial charge in [0.2, 0.25) is 5.91 Å². The zero-order valence-electron chi connectivity index (χ0n) is 10.9. The molecule has 1 heterocycles. The molecule has 1 fully saturated rings. The van der Waals surface area contributed by atoms with Gasteiger partial charge in [-0.25, -0.2) is 0 Å². The van der Waals surface area contributed by atoms with Gasteiger partial charge in [0.1, 0.15) is 0 Å². The lowest BCUT2D eigenvalue weighted by Crippen LogP contribution is -2.19. The summed E-state index contributed by atoms with van der Waals surface area (Å²) >= 11 is 5.89. The minimum absolute atomic E-state index is 0.0979. The van der Waals surface area contributed by atoms with Gasteiger partial charge in [0.15, 0.2) is 0 Å². The Morgan fingerprint density at radius 1 is 1.56 bits per heavy atom. The van der Waals surface area contributed by atoms with E-state index in [1.165, 1.54) is 0 Å². The quantitative estimate of drug-likeness (QED) is 0.912. The smallest absolute Gasteiger partial charge is 0.224 e. The highest BCUT2D eigenvalue weighted by molar-refractivity contribution is 6.30. The molecule has 1 unspecified atom stereocenters. The van der Waals surface area contributed by atoms with Gasteiger partial charge in [-0.1, -0.05) is 11.6 Å². The Morgan fingerprint density at radius 2 is 2.33 bits per heavy atom. The fraction of sp³-hybridized carbons (Fsp3) is 0.500. The van der Waals surface area contributed by atoms with Crippen molar-refractivity contribution in [1.82, 2.24) is 4.90 Å². The van der Waals surface area contributed by atoms with E-state index in [4.69, 9.17) is 11.6 Å². The third-order valence-electron chi connectivity index (χ3n) is 3.43. The largest absolute Gasteiger partial charge is 0.326 e. The van der Waals surface area contributed by atoms with Crippen LogP contribution in [-0.2, 0) is 4.79 Å². The van der Waals surface area contributed by atoms with Gasteiger partial charge in [-0.15, -0.1) is 0 Å². The standard InChI is InChI=1S/C14H19ClN2O/c1-10-7-12(15)3-4-13(10)16-14(18)8-11-5-6-17(2)9-11/h3-4,7,11H,5-6,8-9H2,1-2H3,(H,16,18). The van der Waals surface area contributed by atoms with Crippen molar-refractivity contribution in [3.8, 4) is 0 Å². The van der Waals surface area contributed by atoms with E-state index in [9.17, 15) is 4.79 Å². The van der Waals surface area contributed by atoms with E-state index in [1.54, 1.807) is 6.07 Å². The zero-order chi connectivity index (χ0) is 13.1. The van der Waals surface area contributed by atoms with Crippen LogP contribution in [0.15, 0.2) is 18.2 Å². The number of anilines is 1.